The van der Waals surface area contributed by atoms with Crippen LogP contribution < -0.4 is 10.6 Å². The average Bonchev–Trinajstić information content (AvgIpc) is 3.21. The van der Waals surface area contributed by atoms with Gasteiger partial charge in [0.25, 0.3) is 0 Å². The molecular formula is C50H74N2O6. The van der Waals surface area contributed by atoms with E-state index >= 15 is 0 Å². The predicted octanol–water partition coefficient (Wildman–Crippen LogP) is 11.5. The Morgan fingerprint density at radius 2 is 0.793 bits per heavy atom. The number of nitrogens with one attached hydrogen (secondary N) is 2. The van der Waals surface area contributed by atoms with Gasteiger partial charge in [0.15, 0.2) is 6.04 Å². The van der Waals surface area contributed by atoms with Crippen molar-refractivity contribution in [1.29, 1.82) is 0 Å². The van der Waals surface area contributed by atoms with E-state index in [4.69, 9.17) is 9.47 Å². The molecule has 0 bridgehead atoms. The highest BCUT2D eigenvalue weighted by molar-refractivity contribution is 5.86. The van der Waals surface area contributed by atoms with E-state index in [1.54, 1.807) is 0 Å². The molecule has 0 heterocycles. The maximum absolute atomic E-state index is 12.7. The second-order valence-electron chi connectivity index (χ2n) is 13.6. The van der Waals surface area contributed by atoms with E-state index in [9.17, 15) is 19.2 Å². The molecule has 0 rings (SSSR count). The fourth-order valence-corrected chi connectivity index (χ4v) is 5.07. The van der Waals surface area contributed by atoms with Crippen molar-refractivity contribution in [2.75, 3.05) is 7.11 Å². The molecule has 3 atom stereocenters. The Morgan fingerprint density at radius 1 is 0.448 bits per heavy atom. The van der Waals surface area contributed by atoms with E-state index in [0.29, 0.717) is 19.3 Å². The molecule has 0 aromatic carbocycles. The first kappa shape index (κ1) is 53.0. The summed E-state index contributed by atoms with van der Waals surface area (Å²) in [5, 5.41) is 5.28. The Bertz CT molecular complexity index is 1440. The summed E-state index contributed by atoms with van der Waals surface area (Å²) in [4.78, 5) is 50.2. The summed E-state index contributed by atoms with van der Waals surface area (Å²) < 4.78 is 10.3. The number of rotatable bonds is 33. The van der Waals surface area contributed by atoms with Crippen LogP contribution in [0.4, 0.5) is 0 Å². The van der Waals surface area contributed by atoms with E-state index in [1.807, 2.05) is 18.2 Å². The summed E-state index contributed by atoms with van der Waals surface area (Å²) in [5.41, 5.74) is 0. The molecule has 0 aromatic heterocycles. The van der Waals surface area contributed by atoms with Crippen molar-refractivity contribution in [2.24, 2.45) is 0 Å². The molecule has 0 fully saturated rings. The van der Waals surface area contributed by atoms with Crippen molar-refractivity contribution in [2.45, 2.75) is 149 Å². The van der Waals surface area contributed by atoms with Crippen molar-refractivity contribution in [3.05, 3.63) is 134 Å². The predicted molar refractivity (Wildman–Crippen MR) is 243 cm³/mol. The van der Waals surface area contributed by atoms with Gasteiger partial charge in [-0.15, -0.1) is 0 Å². The standard InChI is InChI=1S/C50H74N2O6/c1-6-8-10-12-14-16-18-20-22-24-25-27-29-30-32-34-36-38-40-42-46(53)51-44(3)49(55)58-45(4)48(50(56)57-5)52-47(54)43-41-39-37-35-33-31-28-26-23-21-19-17-15-13-11-9-7-2/h8-11,14-17,20-23,25,27-28,30-32,35-38,44-45,48H,6-7,12-13,18-19,24,26,29,33-34,39-43H2,1-5H3,(H,51,53)(H,52,54)/t44-,45+,48-/m0/s1. The molecule has 0 aromatic rings. The van der Waals surface area contributed by atoms with Crippen LogP contribution in [0, 0.1) is 0 Å². The van der Waals surface area contributed by atoms with E-state index in [0.717, 1.165) is 70.6 Å². The van der Waals surface area contributed by atoms with E-state index in [-0.39, 0.29) is 24.7 Å². The molecule has 8 nitrogen and oxygen atoms in total. The van der Waals surface area contributed by atoms with Crippen LogP contribution in [0.5, 0.6) is 0 Å². The van der Waals surface area contributed by atoms with Crippen LogP contribution >= 0.6 is 0 Å². The number of hydrogen-bond acceptors (Lipinski definition) is 6. The number of ether oxygens (including phenoxy) is 2. The molecule has 2 amide bonds. The van der Waals surface area contributed by atoms with Crippen LogP contribution in [-0.4, -0.2) is 49.1 Å². The van der Waals surface area contributed by atoms with E-state index in [1.165, 1.54) is 21.0 Å². The maximum Gasteiger partial charge on any atom is 0.332 e. The van der Waals surface area contributed by atoms with Crippen LogP contribution in [-0.2, 0) is 28.7 Å². The minimum Gasteiger partial charge on any atom is -0.467 e. The molecule has 0 spiro atoms. The molecule has 58 heavy (non-hydrogen) atoms. The van der Waals surface area contributed by atoms with Crippen LogP contribution in [0.3, 0.4) is 0 Å². The van der Waals surface area contributed by atoms with Gasteiger partial charge in [-0.25, -0.2) is 9.59 Å². The molecule has 0 unspecified atom stereocenters. The van der Waals surface area contributed by atoms with Gasteiger partial charge in [-0.05, 0) is 104 Å². The zero-order chi connectivity index (χ0) is 42.7. The van der Waals surface area contributed by atoms with Gasteiger partial charge in [-0.1, -0.05) is 148 Å². The van der Waals surface area contributed by atoms with Crippen LogP contribution in [0.25, 0.3) is 0 Å². The number of esters is 2. The highest BCUT2D eigenvalue weighted by atomic mass is 16.6. The zero-order valence-corrected chi connectivity index (χ0v) is 36.2. The lowest BCUT2D eigenvalue weighted by molar-refractivity contribution is -0.159. The third kappa shape index (κ3) is 34.3. The molecule has 0 saturated heterocycles. The zero-order valence-electron chi connectivity index (χ0n) is 36.2. The normalized spacial score (nSPS) is 14.4. The first-order chi connectivity index (χ1) is 28.3. The molecule has 2 N–H and O–H groups in total. The summed E-state index contributed by atoms with van der Waals surface area (Å²) in [6.45, 7) is 7.30. The van der Waals surface area contributed by atoms with Crippen molar-refractivity contribution < 1.29 is 28.7 Å². The van der Waals surface area contributed by atoms with Crippen LogP contribution in [0.2, 0.25) is 0 Å². The fourth-order valence-electron chi connectivity index (χ4n) is 5.07. The highest BCUT2D eigenvalue weighted by Crippen LogP contribution is 2.07. The molecular weight excluding hydrogens is 725 g/mol. The third-order valence-corrected chi connectivity index (χ3v) is 8.34. The van der Waals surface area contributed by atoms with Crippen LogP contribution in [0.1, 0.15) is 130 Å². The molecule has 0 aliphatic carbocycles. The summed E-state index contributed by atoms with van der Waals surface area (Å²) in [5.74, 6) is -2.07. The first-order valence-corrected chi connectivity index (χ1v) is 21.3. The lowest BCUT2D eigenvalue weighted by Crippen LogP contribution is -2.51. The lowest BCUT2D eigenvalue weighted by Gasteiger charge is -2.24. The Hall–Kier alpha value is -4.98. The van der Waals surface area contributed by atoms with Gasteiger partial charge in [0, 0.05) is 12.8 Å². The minimum absolute atomic E-state index is 0.200. The Balaban J connectivity index is 4.32. The molecule has 0 aliphatic heterocycles. The van der Waals surface area contributed by atoms with Crippen molar-refractivity contribution in [3.8, 4) is 0 Å². The monoisotopic (exact) mass is 799 g/mol. The molecule has 0 saturated carbocycles. The second-order valence-corrected chi connectivity index (χ2v) is 13.6. The quantitative estimate of drug-likeness (QED) is 0.0389. The van der Waals surface area contributed by atoms with Gasteiger partial charge in [0.05, 0.1) is 7.11 Å². The summed E-state index contributed by atoms with van der Waals surface area (Å²) >= 11 is 0. The Labute approximate surface area is 351 Å². The fraction of sp³-hybridized carbons (Fsp3) is 0.480. The SMILES string of the molecule is CCC=CCC=CCC=CCC=CCC=CCC=CCCC(=O)N[C@@H](C)C(=O)O[C@H](C)[C@H](NC(=O)CCCC=CCC=CCC=CCC=CCC=CCC)C(=O)OC. The number of unbranched alkanes of at least 4 members (excludes halogenated alkanes) is 1. The summed E-state index contributed by atoms with van der Waals surface area (Å²) in [7, 11) is 1.21. The number of hydrogen-bond donors (Lipinski definition) is 2. The largest absolute Gasteiger partial charge is 0.467 e. The third-order valence-electron chi connectivity index (χ3n) is 8.34. The Morgan fingerprint density at radius 3 is 1.17 bits per heavy atom. The second kappa shape index (κ2) is 40.2. The van der Waals surface area contributed by atoms with Gasteiger partial charge >= 0.3 is 11.9 Å². The van der Waals surface area contributed by atoms with E-state index < -0.39 is 30.1 Å². The molecule has 0 aliphatic rings. The first-order valence-electron chi connectivity index (χ1n) is 21.3. The van der Waals surface area contributed by atoms with Gasteiger partial charge in [0.2, 0.25) is 11.8 Å². The number of allylic oxidation sites excluding steroid dienone is 22. The molecule has 8 heteroatoms. The molecule has 0 radical (unpaired) electrons. The number of methoxy groups -OCH3 is 1. The van der Waals surface area contributed by atoms with Crippen LogP contribution in [0.15, 0.2) is 134 Å². The van der Waals surface area contributed by atoms with Gasteiger partial charge in [-0.3, -0.25) is 9.59 Å². The number of carbonyl (C=O) groups excluding carboxylic acids is 4. The topological polar surface area (TPSA) is 111 Å². The lowest BCUT2D eigenvalue weighted by atomic mass is 10.1. The van der Waals surface area contributed by atoms with Gasteiger partial charge in [0.1, 0.15) is 12.1 Å². The average molecular weight is 799 g/mol. The number of carbonyl (C=O) groups is 4. The van der Waals surface area contributed by atoms with Gasteiger partial charge in [-0.2, -0.15) is 0 Å². The highest BCUT2D eigenvalue weighted by Gasteiger charge is 2.31. The minimum atomic E-state index is -1.17. The number of amides is 2. The summed E-state index contributed by atoms with van der Waals surface area (Å²) in [6.07, 6.45) is 58.5. The maximum atomic E-state index is 12.7. The smallest absolute Gasteiger partial charge is 0.332 e. The van der Waals surface area contributed by atoms with Crippen molar-refractivity contribution in [1.82, 2.24) is 10.6 Å². The molecule has 320 valence electrons. The summed E-state index contributed by atoms with van der Waals surface area (Å²) in [6, 6.07) is -2.11. The Kier molecular flexibility index (Phi) is 36.8. The van der Waals surface area contributed by atoms with Gasteiger partial charge < -0.3 is 20.1 Å². The van der Waals surface area contributed by atoms with Crippen molar-refractivity contribution in [3.63, 3.8) is 0 Å². The van der Waals surface area contributed by atoms with Crippen molar-refractivity contribution >= 4 is 23.8 Å². The van der Waals surface area contributed by atoms with E-state index in [2.05, 4.69) is 140 Å².